The predicted molar refractivity (Wildman–Crippen MR) is 76.1 cm³/mol. The lowest BCUT2D eigenvalue weighted by Gasteiger charge is -2.06. The normalized spacial score (nSPS) is 10.2. The van der Waals surface area contributed by atoms with Crippen molar-refractivity contribution in [1.82, 2.24) is 5.32 Å². The van der Waals surface area contributed by atoms with E-state index in [2.05, 4.69) is 21.2 Å². The first kappa shape index (κ1) is 13.7. The fourth-order valence-corrected chi connectivity index (χ4v) is 2.14. The lowest BCUT2D eigenvalue weighted by atomic mass is 10.1. The number of hydrogen-bond acceptors (Lipinski definition) is 1. The van der Waals surface area contributed by atoms with E-state index in [1.807, 2.05) is 24.3 Å². The summed E-state index contributed by atoms with van der Waals surface area (Å²) < 4.78 is 13.7. The second-order valence-corrected chi connectivity index (χ2v) is 5.13. The number of carbonyl (C=O) groups excluding carboxylic acids is 1. The zero-order valence-corrected chi connectivity index (χ0v) is 11.8. The summed E-state index contributed by atoms with van der Waals surface area (Å²) in [5.41, 5.74) is 1.83. The summed E-state index contributed by atoms with van der Waals surface area (Å²) in [6.07, 6.45) is 0.334. The largest absolute Gasteiger partial charge is 0.352 e. The lowest BCUT2D eigenvalue weighted by molar-refractivity contribution is -0.120. The highest BCUT2D eigenvalue weighted by atomic mass is 79.9. The summed E-state index contributed by atoms with van der Waals surface area (Å²) in [5, 5.41) is 2.81. The maximum Gasteiger partial charge on any atom is 0.224 e. The van der Waals surface area contributed by atoms with Gasteiger partial charge in [-0.1, -0.05) is 40.2 Å². The average molecular weight is 322 g/mol. The minimum Gasteiger partial charge on any atom is -0.352 e. The molecule has 0 atom stereocenters. The van der Waals surface area contributed by atoms with Gasteiger partial charge in [-0.3, -0.25) is 4.79 Å². The average Bonchev–Trinajstić information content (AvgIpc) is 2.38. The van der Waals surface area contributed by atoms with Crippen molar-refractivity contribution in [2.45, 2.75) is 13.0 Å². The first-order chi connectivity index (χ1) is 9.13. The molecule has 0 spiro atoms. The molecular weight excluding hydrogens is 309 g/mol. The monoisotopic (exact) mass is 321 g/mol. The van der Waals surface area contributed by atoms with Crippen molar-refractivity contribution in [3.63, 3.8) is 0 Å². The van der Waals surface area contributed by atoms with Gasteiger partial charge in [0, 0.05) is 11.0 Å². The zero-order valence-electron chi connectivity index (χ0n) is 10.2. The van der Waals surface area contributed by atoms with Gasteiger partial charge in [0.1, 0.15) is 5.82 Å². The Hall–Kier alpha value is -1.68. The van der Waals surface area contributed by atoms with Crippen LogP contribution in [0.2, 0.25) is 0 Å². The van der Waals surface area contributed by atoms with Gasteiger partial charge in [-0.15, -0.1) is 0 Å². The third kappa shape index (κ3) is 4.48. The second-order valence-electron chi connectivity index (χ2n) is 4.21. The Kier molecular flexibility index (Phi) is 4.68. The summed E-state index contributed by atoms with van der Waals surface area (Å²) >= 11 is 3.37. The molecule has 0 radical (unpaired) electrons. The molecule has 19 heavy (non-hydrogen) atoms. The van der Waals surface area contributed by atoms with Crippen molar-refractivity contribution >= 4 is 21.8 Å². The molecule has 0 aliphatic carbocycles. The summed E-state index contributed by atoms with van der Waals surface area (Å²) in [4.78, 5) is 11.8. The van der Waals surface area contributed by atoms with Crippen LogP contribution < -0.4 is 5.32 Å². The molecule has 2 rings (SSSR count). The van der Waals surface area contributed by atoms with Crippen LogP contribution in [0.15, 0.2) is 53.0 Å². The molecule has 0 saturated carbocycles. The van der Waals surface area contributed by atoms with Crippen molar-refractivity contribution in [2.75, 3.05) is 0 Å². The van der Waals surface area contributed by atoms with Crippen LogP contribution in [0.1, 0.15) is 11.1 Å². The molecule has 98 valence electrons. The zero-order chi connectivity index (χ0) is 13.7. The van der Waals surface area contributed by atoms with Crippen LogP contribution in [0.25, 0.3) is 0 Å². The molecule has 1 N–H and O–H groups in total. The van der Waals surface area contributed by atoms with Crippen LogP contribution in [0.4, 0.5) is 4.39 Å². The smallest absolute Gasteiger partial charge is 0.224 e. The van der Waals surface area contributed by atoms with E-state index in [1.54, 1.807) is 12.1 Å². The van der Waals surface area contributed by atoms with Crippen LogP contribution >= 0.6 is 15.9 Å². The Morgan fingerprint density at radius 2 is 1.84 bits per heavy atom. The molecule has 4 heteroatoms. The summed E-state index contributed by atoms with van der Waals surface area (Å²) in [6.45, 7) is 0.410. The van der Waals surface area contributed by atoms with E-state index in [0.29, 0.717) is 13.0 Å². The SMILES string of the molecule is O=C(Cc1cccc(Br)c1)NCc1ccc(F)cc1. The van der Waals surface area contributed by atoms with Gasteiger partial charge in [-0.2, -0.15) is 0 Å². The third-order valence-electron chi connectivity index (χ3n) is 2.66. The van der Waals surface area contributed by atoms with Gasteiger partial charge in [0.05, 0.1) is 6.42 Å². The van der Waals surface area contributed by atoms with Crippen molar-refractivity contribution in [3.8, 4) is 0 Å². The van der Waals surface area contributed by atoms with Gasteiger partial charge in [0.2, 0.25) is 5.91 Å². The van der Waals surface area contributed by atoms with Gasteiger partial charge in [-0.05, 0) is 35.4 Å². The molecular formula is C15H13BrFNO. The van der Waals surface area contributed by atoms with Crippen LogP contribution in [-0.4, -0.2) is 5.91 Å². The summed E-state index contributed by atoms with van der Waals surface area (Å²) in [6, 6.07) is 13.7. The molecule has 2 aromatic carbocycles. The minimum atomic E-state index is -0.274. The highest BCUT2D eigenvalue weighted by Crippen LogP contribution is 2.12. The van der Waals surface area contributed by atoms with Gasteiger partial charge >= 0.3 is 0 Å². The summed E-state index contributed by atoms with van der Waals surface area (Å²) in [5.74, 6) is -0.327. The van der Waals surface area contributed by atoms with Crippen molar-refractivity contribution in [2.24, 2.45) is 0 Å². The van der Waals surface area contributed by atoms with Gasteiger partial charge < -0.3 is 5.32 Å². The Labute approximate surface area is 119 Å². The van der Waals surface area contributed by atoms with Crippen LogP contribution in [0.3, 0.4) is 0 Å². The first-order valence-corrected chi connectivity index (χ1v) is 6.68. The number of hydrogen-bond donors (Lipinski definition) is 1. The van der Waals surface area contributed by atoms with E-state index in [-0.39, 0.29) is 11.7 Å². The number of benzene rings is 2. The molecule has 0 heterocycles. The van der Waals surface area contributed by atoms with E-state index >= 15 is 0 Å². The van der Waals surface area contributed by atoms with Crippen LogP contribution in [0, 0.1) is 5.82 Å². The maximum absolute atomic E-state index is 12.7. The van der Waals surface area contributed by atoms with E-state index in [9.17, 15) is 9.18 Å². The number of halogens is 2. The first-order valence-electron chi connectivity index (χ1n) is 5.89. The van der Waals surface area contributed by atoms with Gasteiger partial charge in [0.25, 0.3) is 0 Å². The quantitative estimate of drug-likeness (QED) is 0.918. The Balaban J connectivity index is 1.86. The molecule has 0 saturated heterocycles. The molecule has 0 fully saturated rings. The summed E-state index contributed by atoms with van der Waals surface area (Å²) in [7, 11) is 0. The van der Waals surface area contributed by atoms with Crippen molar-refractivity contribution < 1.29 is 9.18 Å². The Bertz CT molecular complexity index is 569. The number of rotatable bonds is 4. The van der Waals surface area contributed by atoms with E-state index in [4.69, 9.17) is 0 Å². The molecule has 2 aromatic rings. The van der Waals surface area contributed by atoms with Gasteiger partial charge in [0.15, 0.2) is 0 Å². The van der Waals surface area contributed by atoms with Crippen LogP contribution in [-0.2, 0) is 17.8 Å². The van der Waals surface area contributed by atoms with Crippen LogP contribution in [0.5, 0.6) is 0 Å². The number of nitrogens with one attached hydrogen (secondary N) is 1. The topological polar surface area (TPSA) is 29.1 Å². The Morgan fingerprint density at radius 1 is 1.11 bits per heavy atom. The molecule has 0 unspecified atom stereocenters. The third-order valence-corrected chi connectivity index (χ3v) is 3.15. The number of amides is 1. The highest BCUT2D eigenvalue weighted by molar-refractivity contribution is 9.10. The number of carbonyl (C=O) groups is 1. The lowest BCUT2D eigenvalue weighted by Crippen LogP contribution is -2.24. The molecule has 0 aliphatic heterocycles. The van der Waals surface area contributed by atoms with Crippen molar-refractivity contribution in [3.05, 3.63) is 69.9 Å². The predicted octanol–water partition coefficient (Wildman–Crippen LogP) is 3.45. The fraction of sp³-hybridized carbons (Fsp3) is 0.133. The van der Waals surface area contributed by atoms with E-state index in [1.165, 1.54) is 12.1 Å². The molecule has 1 amide bonds. The van der Waals surface area contributed by atoms with E-state index < -0.39 is 0 Å². The standard InChI is InChI=1S/C15H13BrFNO/c16-13-3-1-2-12(8-13)9-15(19)18-10-11-4-6-14(17)7-5-11/h1-8H,9-10H2,(H,18,19). The fourth-order valence-electron chi connectivity index (χ4n) is 1.70. The Morgan fingerprint density at radius 3 is 2.53 bits per heavy atom. The van der Waals surface area contributed by atoms with Crippen molar-refractivity contribution in [1.29, 1.82) is 0 Å². The molecule has 0 bridgehead atoms. The molecule has 2 nitrogen and oxygen atoms in total. The molecule has 0 aromatic heterocycles. The van der Waals surface area contributed by atoms with E-state index in [0.717, 1.165) is 15.6 Å². The highest BCUT2D eigenvalue weighted by Gasteiger charge is 2.03. The molecule has 0 aliphatic rings. The maximum atomic E-state index is 12.7. The van der Waals surface area contributed by atoms with Gasteiger partial charge in [-0.25, -0.2) is 4.39 Å². The minimum absolute atomic E-state index is 0.0533. The second kappa shape index (κ2) is 6.48.